The second-order valence-corrected chi connectivity index (χ2v) is 2.13. The first-order valence-corrected chi connectivity index (χ1v) is 3.08. The molecule has 12 heavy (non-hydrogen) atoms. The summed E-state index contributed by atoms with van der Waals surface area (Å²) in [4.78, 5) is 5.01. The van der Waals surface area contributed by atoms with Gasteiger partial charge in [-0.1, -0.05) is 0 Å². The zero-order valence-corrected chi connectivity index (χ0v) is 5.89. The zero-order valence-electron chi connectivity index (χ0n) is 5.89. The van der Waals surface area contributed by atoms with Gasteiger partial charge in [0.25, 0.3) is 0 Å². The normalized spacial score (nSPS) is 11.7. The van der Waals surface area contributed by atoms with E-state index in [9.17, 15) is 13.2 Å². The van der Waals surface area contributed by atoms with Gasteiger partial charge < -0.3 is 5.11 Å². The third-order valence-electron chi connectivity index (χ3n) is 1.20. The summed E-state index contributed by atoms with van der Waals surface area (Å²) in [6, 6.07) is 0. The largest absolute Gasteiger partial charge is 0.498 e. The van der Waals surface area contributed by atoms with Crippen molar-refractivity contribution in [3.8, 4) is 0 Å². The van der Waals surface area contributed by atoms with Crippen LogP contribution in [0.4, 0.5) is 13.2 Å². The highest BCUT2D eigenvalue weighted by Crippen LogP contribution is 2.23. The lowest BCUT2D eigenvalue weighted by atomic mass is 10.4. The van der Waals surface area contributed by atoms with Crippen LogP contribution in [0.2, 0.25) is 0 Å². The van der Waals surface area contributed by atoms with E-state index >= 15 is 0 Å². The van der Waals surface area contributed by atoms with Crippen molar-refractivity contribution < 1.29 is 23.3 Å². The molecular formula is C6H6F3N2O+. The van der Waals surface area contributed by atoms with Gasteiger partial charge in [-0.25, -0.2) is 4.98 Å². The number of aromatic amines is 1. The van der Waals surface area contributed by atoms with Crippen LogP contribution in [-0.4, -0.2) is 10.1 Å². The molecule has 0 aliphatic carbocycles. The Hall–Kier alpha value is -1.17. The molecule has 0 amide bonds. The second-order valence-electron chi connectivity index (χ2n) is 2.13. The van der Waals surface area contributed by atoms with Crippen LogP contribution in [0.5, 0.6) is 0 Å². The lowest BCUT2D eigenvalue weighted by Gasteiger charge is -1.96. The number of aliphatic hydroxyl groups excluding tert-OH is 1. The maximum atomic E-state index is 11.9. The molecule has 1 aromatic heterocycles. The van der Waals surface area contributed by atoms with Gasteiger partial charge in [-0.2, -0.15) is 13.2 Å². The zero-order chi connectivity index (χ0) is 9.19. The van der Waals surface area contributed by atoms with Crippen LogP contribution in [0.1, 0.15) is 11.4 Å². The number of aliphatic hydroxyl groups is 1. The highest BCUT2D eigenvalue weighted by atomic mass is 19.4. The number of hydrogen-bond donors (Lipinski definition) is 1. The Morgan fingerprint density at radius 2 is 2.17 bits per heavy atom. The van der Waals surface area contributed by atoms with E-state index < -0.39 is 12.0 Å². The third-order valence-corrected chi connectivity index (χ3v) is 1.20. The Balaban J connectivity index is 2.93. The van der Waals surface area contributed by atoms with Crippen molar-refractivity contribution in [3.05, 3.63) is 23.8 Å². The number of nitrogens with zero attached hydrogens (tertiary/aromatic N) is 1. The van der Waals surface area contributed by atoms with Gasteiger partial charge in [0.1, 0.15) is 6.20 Å². The minimum absolute atomic E-state index is 0.308. The number of halogens is 3. The molecule has 0 aliphatic rings. The molecule has 0 bridgehead atoms. The summed E-state index contributed by atoms with van der Waals surface area (Å²) in [7, 11) is 0. The first kappa shape index (κ1) is 8.92. The Morgan fingerprint density at radius 1 is 1.50 bits per heavy atom. The van der Waals surface area contributed by atoms with Crippen molar-refractivity contribution in [2.24, 2.45) is 0 Å². The molecule has 0 spiro atoms. The summed E-state index contributed by atoms with van der Waals surface area (Å²) in [5, 5.41) is 8.49. The highest BCUT2D eigenvalue weighted by Gasteiger charge is 2.41. The molecule has 0 saturated carbocycles. The van der Waals surface area contributed by atoms with Gasteiger partial charge in [0, 0.05) is 0 Å². The molecule has 0 fully saturated rings. The molecule has 3 nitrogen and oxygen atoms in total. The fraction of sp³-hybridized carbons (Fsp3) is 0.333. The van der Waals surface area contributed by atoms with E-state index in [4.69, 9.17) is 5.11 Å². The summed E-state index contributed by atoms with van der Waals surface area (Å²) in [6.07, 6.45) is -2.43. The van der Waals surface area contributed by atoms with E-state index in [-0.39, 0.29) is 6.61 Å². The van der Waals surface area contributed by atoms with Crippen molar-refractivity contribution in [1.29, 1.82) is 0 Å². The molecule has 0 atom stereocenters. The average Bonchev–Trinajstić information content (AvgIpc) is 2.03. The van der Waals surface area contributed by atoms with Crippen LogP contribution in [0, 0.1) is 0 Å². The smallest absolute Gasteiger partial charge is 0.391 e. The van der Waals surface area contributed by atoms with Gasteiger partial charge in [0.05, 0.1) is 18.4 Å². The van der Waals surface area contributed by atoms with Gasteiger partial charge in [-0.05, 0) is 4.98 Å². The van der Waals surface area contributed by atoms with Crippen molar-refractivity contribution in [3.63, 3.8) is 0 Å². The van der Waals surface area contributed by atoms with Gasteiger partial charge >= 0.3 is 12.0 Å². The SMILES string of the molecule is OCc1cnc(C(F)(F)F)[nH+]c1. The maximum absolute atomic E-state index is 11.9. The van der Waals surface area contributed by atoms with Crippen molar-refractivity contribution in [1.82, 2.24) is 4.98 Å². The summed E-state index contributed by atoms with van der Waals surface area (Å²) in [5.74, 6) is -1.07. The van der Waals surface area contributed by atoms with Gasteiger partial charge in [-0.3, -0.25) is 0 Å². The lowest BCUT2D eigenvalue weighted by molar-refractivity contribution is -0.432. The van der Waals surface area contributed by atoms with Crippen LogP contribution in [0.25, 0.3) is 0 Å². The van der Waals surface area contributed by atoms with Gasteiger partial charge in [-0.15, -0.1) is 0 Å². The first-order chi connectivity index (χ1) is 5.54. The summed E-state index contributed by atoms with van der Waals surface area (Å²) >= 11 is 0. The van der Waals surface area contributed by atoms with Crippen LogP contribution in [-0.2, 0) is 12.8 Å². The molecule has 2 N–H and O–H groups in total. The second kappa shape index (κ2) is 3.06. The predicted molar refractivity (Wildman–Crippen MR) is 31.7 cm³/mol. The topological polar surface area (TPSA) is 47.3 Å². The van der Waals surface area contributed by atoms with E-state index in [2.05, 4.69) is 4.98 Å². The fourth-order valence-corrected chi connectivity index (χ4v) is 0.625. The Morgan fingerprint density at radius 3 is 2.50 bits per heavy atom. The number of rotatable bonds is 1. The fourth-order valence-electron chi connectivity index (χ4n) is 0.625. The Bertz CT molecular complexity index is 256. The number of alkyl halides is 3. The summed E-state index contributed by atoms with van der Waals surface area (Å²) < 4.78 is 35.6. The van der Waals surface area contributed by atoms with Crippen molar-refractivity contribution in [2.75, 3.05) is 0 Å². The van der Waals surface area contributed by atoms with Crippen molar-refractivity contribution >= 4 is 0 Å². The Kier molecular flexibility index (Phi) is 2.27. The number of nitrogens with one attached hydrogen (secondary N) is 1. The Labute approximate surface area is 65.9 Å². The predicted octanol–water partition coefficient (Wildman–Crippen LogP) is 0.407. The molecule has 0 aromatic carbocycles. The van der Waals surface area contributed by atoms with E-state index in [1.54, 1.807) is 0 Å². The highest BCUT2D eigenvalue weighted by molar-refractivity contribution is 4.99. The quantitative estimate of drug-likeness (QED) is 0.678. The van der Waals surface area contributed by atoms with Gasteiger partial charge in [0.2, 0.25) is 0 Å². The molecule has 1 aromatic rings. The molecule has 66 valence electrons. The van der Waals surface area contributed by atoms with Crippen LogP contribution in [0.15, 0.2) is 12.4 Å². The summed E-state index contributed by atoms with van der Waals surface area (Å²) in [5.41, 5.74) is 0.308. The number of H-pyrrole nitrogens is 1. The monoisotopic (exact) mass is 179 g/mol. The van der Waals surface area contributed by atoms with Crippen LogP contribution in [0.3, 0.4) is 0 Å². The van der Waals surface area contributed by atoms with Crippen LogP contribution >= 0.6 is 0 Å². The molecule has 0 aliphatic heterocycles. The van der Waals surface area contributed by atoms with E-state index in [1.807, 2.05) is 4.98 Å². The molecule has 0 radical (unpaired) electrons. The first-order valence-electron chi connectivity index (χ1n) is 3.08. The lowest BCUT2D eigenvalue weighted by Crippen LogP contribution is -2.23. The maximum Gasteiger partial charge on any atom is 0.498 e. The minimum atomic E-state index is -4.46. The van der Waals surface area contributed by atoms with Crippen LogP contribution < -0.4 is 4.98 Å². The van der Waals surface area contributed by atoms with E-state index in [0.717, 1.165) is 12.4 Å². The van der Waals surface area contributed by atoms with Gasteiger partial charge in [0.15, 0.2) is 0 Å². The van der Waals surface area contributed by atoms with E-state index in [1.165, 1.54) is 0 Å². The average molecular weight is 179 g/mol. The molecule has 0 unspecified atom stereocenters. The molecule has 0 saturated heterocycles. The standard InChI is InChI=1S/C6H5F3N2O/c7-6(8,9)5-10-1-4(3-12)2-11-5/h1-2,12H,3H2/p+1. The minimum Gasteiger partial charge on any atom is -0.391 e. The van der Waals surface area contributed by atoms with Crippen molar-refractivity contribution in [2.45, 2.75) is 12.8 Å². The van der Waals surface area contributed by atoms with E-state index in [0.29, 0.717) is 5.56 Å². The summed E-state index contributed by atoms with van der Waals surface area (Å²) in [6.45, 7) is -0.332. The third kappa shape index (κ3) is 1.91. The number of hydrogen-bond acceptors (Lipinski definition) is 2. The number of aromatic nitrogens is 2. The molecule has 6 heteroatoms. The molecule has 1 heterocycles. The molecule has 1 rings (SSSR count). The molecular weight excluding hydrogens is 173 g/mol.